The second kappa shape index (κ2) is 14.4. The Labute approximate surface area is 275 Å². The first-order valence-corrected chi connectivity index (χ1v) is 15.4. The fourth-order valence-corrected chi connectivity index (χ4v) is 6.06. The summed E-state index contributed by atoms with van der Waals surface area (Å²) in [6, 6.07) is 15.7. The molecule has 1 fully saturated rings. The van der Waals surface area contributed by atoms with Crippen molar-refractivity contribution in [2.45, 2.75) is 26.0 Å². The predicted molar refractivity (Wildman–Crippen MR) is 175 cm³/mol. The van der Waals surface area contributed by atoms with E-state index in [-0.39, 0.29) is 23.2 Å². The lowest BCUT2D eigenvalue weighted by Gasteiger charge is -2.34. The van der Waals surface area contributed by atoms with Crippen LogP contribution < -0.4 is 15.6 Å². The van der Waals surface area contributed by atoms with Gasteiger partial charge < -0.3 is 19.9 Å². The van der Waals surface area contributed by atoms with Gasteiger partial charge in [0.15, 0.2) is 0 Å². The summed E-state index contributed by atoms with van der Waals surface area (Å²) in [5, 5.41) is 17.8. The molecule has 1 aliphatic rings. The standard InChI is InChI=1S/C33H33Cl2N5O6/c1-4-46-33(44)23-14-16-40(18-27(23)41)17-19-11-12-25(38-31(19)45-3)22-9-5-7-20(28(22)34)21-8-6-10-26(29(21)35)37-30(42)24-13-15-36-39(2)32(24)43/h5-13,15,23,27,41H,4,14,16-18H2,1-3H3,(H,37,42). The van der Waals surface area contributed by atoms with Crippen LogP contribution in [-0.2, 0) is 23.1 Å². The molecule has 2 aromatic carbocycles. The Kier molecular flexibility index (Phi) is 10.4. The number of carbonyl (C=O) groups excluding carboxylic acids is 2. The second-order valence-electron chi connectivity index (χ2n) is 10.8. The Morgan fingerprint density at radius 1 is 1.04 bits per heavy atom. The van der Waals surface area contributed by atoms with Crippen molar-refractivity contribution in [1.29, 1.82) is 0 Å². The molecule has 0 saturated carbocycles. The topological polar surface area (TPSA) is 136 Å². The number of methoxy groups -OCH3 is 1. The number of aliphatic hydroxyl groups is 1. The number of β-amino-alcohol motifs (C(OH)–C–C–N with tert-alkyl or cyclic N) is 1. The Hall–Kier alpha value is -4.29. The highest BCUT2D eigenvalue weighted by Gasteiger charge is 2.34. The Morgan fingerprint density at radius 3 is 2.48 bits per heavy atom. The predicted octanol–water partition coefficient (Wildman–Crippen LogP) is 4.82. The van der Waals surface area contributed by atoms with Crippen LogP contribution in [0.5, 0.6) is 5.88 Å². The molecule has 1 aliphatic heterocycles. The largest absolute Gasteiger partial charge is 0.481 e. The van der Waals surface area contributed by atoms with Gasteiger partial charge in [-0.25, -0.2) is 9.67 Å². The fraction of sp³-hybridized carbons (Fsp3) is 0.303. The zero-order valence-electron chi connectivity index (χ0n) is 25.5. The van der Waals surface area contributed by atoms with Gasteiger partial charge in [-0.05, 0) is 38.1 Å². The number of pyridine rings is 1. The minimum atomic E-state index is -0.825. The first-order chi connectivity index (χ1) is 22.1. The third-order valence-corrected chi connectivity index (χ3v) is 8.66. The van der Waals surface area contributed by atoms with E-state index < -0.39 is 23.5 Å². The molecule has 0 radical (unpaired) electrons. The van der Waals surface area contributed by atoms with Gasteiger partial charge in [-0.3, -0.25) is 19.3 Å². The lowest BCUT2D eigenvalue weighted by molar-refractivity contribution is -0.155. The molecule has 1 saturated heterocycles. The quantitative estimate of drug-likeness (QED) is 0.241. The third kappa shape index (κ3) is 6.92. The zero-order valence-corrected chi connectivity index (χ0v) is 27.0. The Morgan fingerprint density at radius 2 is 1.76 bits per heavy atom. The molecule has 0 aliphatic carbocycles. The number of aliphatic hydroxyl groups excluding tert-OH is 1. The summed E-state index contributed by atoms with van der Waals surface area (Å²) in [7, 11) is 3.00. The van der Waals surface area contributed by atoms with Crippen molar-refractivity contribution < 1.29 is 24.2 Å². The van der Waals surface area contributed by atoms with Crippen LogP contribution in [0.3, 0.4) is 0 Å². The van der Waals surface area contributed by atoms with Crippen LogP contribution in [0.15, 0.2) is 65.6 Å². The molecule has 13 heteroatoms. The van der Waals surface area contributed by atoms with E-state index in [1.54, 1.807) is 25.1 Å². The molecule has 240 valence electrons. The molecule has 2 unspecified atom stereocenters. The van der Waals surface area contributed by atoms with Gasteiger partial charge in [-0.1, -0.05) is 59.6 Å². The number of hydrogen-bond acceptors (Lipinski definition) is 9. The number of anilines is 1. The summed E-state index contributed by atoms with van der Waals surface area (Å²) in [5.41, 5.74) is 2.92. The maximum Gasteiger partial charge on any atom is 0.311 e. The number of aromatic nitrogens is 3. The van der Waals surface area contributed by atoms with Crippen LogP contribution >= 0.6 is 23.2 Å². The average Bonchev–Trinajstić information content (AvgIpc) is 3.04. The molecule has 1 amide bonds. The number of aryl methyl sites for hydroxylation is 1. The van der Waals surface area contributed by atoms with Crippen LogP contribution in [0, 0.1) is 5.92 Å². The number of ether oxygens (including phenoxy) is 2. The molecule has 0 spiro atoms. The number of hydrogen-bond donors (Lipinski definition) is 2. The smallest absolute Gasteiger partial charge is 0.311 e. The molecule has 4 aromatic rings. The third-order valence-electron chi connectivity index (χ3n) is 7.84. The van der Waals surface area contributed by atoms with E-state index in [4.69, 9.17) is 37.7 Å². The van der Waals surface area contributed by atoms with E-state index in [0.29, 0.717) is 65.0 Å². The van der Waals surface area contributed by atoms with E-state index >= 15 is 0 Å². The first-order valence-electron chi connectivity index (χ1n) is 14.6. The van der Waals surface area contributed by atoms with Gasteiger partial charge >= 0.3 is 5.97 Å². The van der Waals surface area contributed by atoms with Gasteiger partial charge in [-0.2, -0.15) is 5.10 Å². The normalized spacial score (nSPS) is 16.6. The van der Waals surface area contributed by atoms with Gasteiger partial charge in [0.1, 0.15) is 5.56 Å². The minimum absolute atomic E-state index is 0.0696. The molecule has 0 bridgehead atoms. The number of esters is 1. The number of nitrogens with zero attached hydrogens (tertiary/aromatic N) is 4. The summed E-state index contributed by atoms with van der Waals surface area (Å²) in [4.78, 5) is 44.2. The van der Waals surface area contributed by atoms with Crippen molar-refractivity contribution in [2.75, 3.05) is 32.1 Å². The molecule has 2 aromatic heterocycles. The first kappa shape index (κ1) is 33.1. The highest BCUT2D eigenvalue weighted by Crippen LogP contribution is 2.41. The summed E-state index contributed by atoms with van der Waals surface area (Å²) >= 11 is 13.7. The van der Waals surface area contributed by atoms with Gasteiger partial charge in [0.25, 0.3) is 11.5 Å². The maximum atomic E-state index is 12.9. The minimum Gasteiger partial charge on any atom is -0.481 e. The summed E-state index contributed by atoms with van der Waals surface area (Å²) in [6.07, 6.45) is 1.04. The summed E-state index contributed by atoms with van der Waals surface area (Å²) in [5.74, 6) is -1.11. The monoisotopic (exact) mass is 665 g/mol. The lowest BCUT2D eigenvalue weighted by atomic mass is 9.93. The van der Waals surface area contributed by atoms with Crippen molar-refractivity contribution >= 4 is 40.8 Å². The van der Waals surface area contributed by atoms with Gasteiger partial charge in [0, 0.05) is 48.6 Å². The summed E-state index contributed by atoms with van der Waals surface area (Å²) < 4.78 is 11.8. The summed E-state index contributed by atoms with van der Waals surface area (Å²) in [6.45, 7) is 3.43. The highest BCUT2D eigenvalue weighted by atomic mass is 35.5. The molecule has 2 N–H and O–H groups in total. The van der Waals surface area contributed by atoms with Crippen LogP contribution in [0.1, 0.15) is 29.3 Å². The van der Waals surface area contributed by atoms with Crippen molar-refractivity contribution in [3.63, 3.8) is 0 Å². The Bertz CT molecular complexity index is 1830. The van der Waals surface area contributed by atoms with Gasteiger partial charge in [0.2, 0.25) is 5.88 Å². The Balaban J connectivity index is 1.37. The van der Waals surface area contributed by atoms with E-state index in [1.807, 2.05) is 35.2 Å². The number of benzene rings is 2. The van der Waals surface area contributed by atoms with E-state index in [0.717, 1.165) is 10.2 Å². The molecule has 5 rings (SSSR count). The number of amides is 1. The number of halogens is 2. The van der Waals surface area contributed by atoms with Crippen molar-refractivity contribution in [3.8, 4) is 28.3 Å². The maximum absolute atomic E-state index is 12.9. The van der Waals surface area contributed by atoms with Crippen LogP contribution in [0.25, 0.3) is 22.4 Å². The molecule has 46 heavy (non-hydrogen) atoms. The van der Waals surface area contributed by atoms with Crippen molar-refractivity contribution in [2.24, 2.45) is 13.0 Å². The highest BCUT2D eigenvalue weighted by molar-refractivity contribution is 6.39. The second-order valence-corrected chi connectivity index (χ2v) is 11.5. The SMILES string of the molecule is CCOC(=O)C1CCN(Cc2ccc(-c3cccc(-c4cccc(NC(=O)c5ccnn(C)c5=O)c4Cl)c3Cl)nc2OC)CC1O. The fourth-order valence-electron chi connectivity index (χ4n) is 5.46. The number of likely N-dealkylation sites (tertiary alicyclic amines) is 1. The lowest BCUT2D eigenvalue weighted by Crippen LogP contribution is -2.46. The van der Waals surface area contributed by atoms with Gasteiger partial charge in [-0.15, -0.1) is 0 Å². The number of nitrogens with one attached hydrogen (secondary N) is 1. The molecular weight excluding hydrogens is 633 g/mol. The number of rotatable bonds is 9. The van der Waals surface area contributed by atoms with Crippen LogP contribution in [-0.4, -0.2) is 69.6 Å². The van der Waals surface area contributed by atoms with E-state index in [9.17, 15) is 19.5 Å². The molecular formula is C33H33Cl2N5O6. The zero-order chi connectivity index (χ0) is 33.0. The number of carbonyl (C=O) groups is 2. The van der Waals surface area contributed by atoms with E-state index in [1.165, 1.54) is 26.4 Å². The molecule has 11 nitrogen and oxygen atoms in total. The molecule has 3 heterocycles. The van der Waals surface area contributed by atoms with Crippen LogP contribution in [0.2, 0.25) is 10.0 Å². The van der Waals surface area contributed by atoms with Crippen molar-refractivity contribution in [3.05, 3.63) is 92.3 Å². The van der Waals surface area contributed by atoms with E-state index in [2.05, 4.69) is 10.4 Å². The van der Waals surface area contributed by atoms with Gasteiger partial charge in [0.05, 0.1) is 47.2 Å². The van der Waals surface area contributed by atoms with Crippen LogP contribution in [0.4, 0.5) is 5.69 Å². The van der Waals surface area contributed by atoms with Crippen molar-refractivity contribution in [1.82, 2.24) is 19.7 Å². The molecule has 2 atom stereocenters. The average molecular weight is 667 g/mol. The number of piperidine rings is 1.